The second kappa shape index (κ2) is 19.7. The number of hydrogen-bond donors (Lipinski definition) is 4. The topological polar surface area (TPSA) is 173 Å². The Hall–Kier alpha value is -2.73. The van der Waals surface area contributed by atoms with Crippen LogP contribution in [0.1, 0.15) is 119 Å². The van der Waals surface area contributed by atoms with E-state index in [1.807, 2.05) is 6.92 Å². The zero-order valence-electron chi connectivity index (χ0n) is 28.1. The summed E-state index contributed by atoms with van der Waals surface area (Å²) in [5.74, 6) is -4.19. The minimum Gasteiger partial charge on any atom is -0.463 e. The first-order valence-corrected chi connectivity index (χ1v) is 17.0. The van der Waals surface area contributed by atoms with Crippen molar-refractivity contribution >= 4 is 29.7 Å². The van der Waals surface area contributed by atoms with Gasteiger partial charge in [0, 0.05) is 12.8 Å². The van der Waals surface area contributed by atoms with E-state index in [0.717, 1.165) is 25.7 Å². The van der Waals surface area contributed by atoms with E-state index in [9.17, 15) is 29.1 Å². The standard InChI is InChI=1S/C33H57N3O9/c1-7-8-9-10-11-12-13-14-15-16-17-18-25-21(4)28-29(45-28)32(41)35-26(20(2)3)30(39)36-27(22(5)37)31(40)34-24(33(42)44-25)19-43-23(6)38/h20-22,24-29,37H,7-19H2,1-6H3,(H,34,40)(H,35,41)(H,36,39)/t21-,22-,24+,25-,26+,27+,28-,29+/m1/s1. The summed E-state index contributed by atoms with van der Waals surface area (Å²) in [5.41, 5.74) is 0. The lowest BCUT2D eigenvalue weighted by molar-refractivity contribution is -0.160. The van der Waals surface area contributed by atoms with Crippen LogP contribution in [0.25, 0.3) is 0 Å². The third-order valence-corrected chi connectivity index (χ3v) is 8.61. The van der Waals surface area contributed by atoms with Gasteiger partial charge in [-0.05, 0) is 25.7 Å². The van der Waals surface area contributed by atoms with Crippen molar-refractivity contribution < 1.29 is 43.3 Å². The van der Waals surface area contributed by atoms with Gasteiger partial charge in [-0.1, -0.05) is 91.9 Å². The minimum absolute atomic E-state index is 0.340. The number of cyclic esters (lactones) is 1. The molecule has 2 rings (SSSR count). The molecule has 12 heteroatoms. The lowest BCUT2D eigenvalue weighted by Crippen LogP contribution is -2.60. The van der Waals surface area contributed by atoms with Gasteiger partial charge < -0.3 is 35.3 Å². The zero-order chi connectivity index (χ0) is 33.5. The highest BCUT2D eigenvalue weighted by atomic mass is 16.6. The van der Waals surface area contributed by atoms with Crippen molar-refractivity contribution in [1.82, 2.24) is 16.0 Å². The largest absolute Gasteiger partial charge is 0.463 e. The predicted molar refractivity (Wildman–Crippen MR) is 168 cm³/mol. The lowest BCUT2D eigenvalue weighted by atomic mass is 9.93. The van der Waals surface area contributed by atoms with Gasteiger partial charge in [-0.2, -0.15) is 0 Å². The first-order valence-electron chi connectivity index (χ1n) is 17.0. The summed E-state index contributed by atoms with van der Waals surface area (Å²) in [6.45, 7) is 9.56. The highest BCUT2D eigenvalue weighted by molar-refractivity contribution is 5.95. The van der Waals surface area contributed by atoms with Crippen LogP contribution in [0, 0.1) is 11.8 Å². The summed E-state index contributed by atoms with van der Waals surface area (Å²) >= 11 is 0. The Balaban J connectivity index is 2.17. The minimum atomic E-state index is -1.45. The molecule has 0 radical (unpaired) electrons. The number of hydrogen-bond acceptors (Lipinski definition) is 9. The van der Waals surface area contributed by atoms with Gasteiger partial charge in [0.05, 0.1) is 6.10 Å². The highest BCUT2D eigenvalue weighted by Gasteiger charge is 2.52. The molecule has 0 aromatic heterocycles. The van der Waals surface area contributed by atoms with Crippen LogP contribution in [0.15, 0.2) is 0 Å². The van der Waals surface area contributed by atoms with Crippen LogP contribution in [-0.2, 0) is 38.2 Å². The van der Waals surface area contributed by atoms with Crippen molar-refractivity contribution in [3.05, 3.63) is 0 Å². The SMILES string of the molecule is CCCCCCCCCCCCC[C@H]1OC(=O)[C@H](COC(C)=O)NC(=O)[C@H]([C@@H](C)O)NC(=O)[C@H](C(C)C)NC(=O)[C@H]2O[C@@H]2[C@@H]1C. The molecule has 0 aromatic carbocycles. The maximum absolute atomic E-state index is 13.4. The second-order valence-corrected chi connectivity index (χ2v) is 13.0. The number of epoxide rings is 1. The number of carbonyl (C=O) groups excluding carboxylic acids is 5. The average Bonchev–Trinajstić information content (AvgIpc) is 3.78. The Morgan fingerprint density at radius 3 is 1.89 bits per heavy atom. The maximum atomic E-state index is 13.4. The normalized spacial score (nSPS) is 28.5. The van der Waals surface area contributed by atoms with Crippen LogP contribution in [0.5, 0.6) is 0 Å². The van der Waals surface area contributed by atoms with Gasteiger partial charge in [0.25, 0.3) is 5.91 Å². The van der Waals surface area contributed by atoms with E-state index < -0.39 is 78.8 Å². The molecular weight excluding hydrogens is 582 g/mol. The molecule has 0 aliphatic carbocycles. The third kappa shape index (κ3) is 13.3. The smallest absolute Gasteiger partial charge is 0.332 e. The number of fused-ring (bicyclic) bond motifs is 1. The van der Waals surface area contributed by atoms with E-state index in [0.29, 0.717) is 6.42 Å². The van der Waals surface area contributed by atoms with Crippen molar-refractivity contribution in [2.75, 3.05) is 6.61 Å². The zero-order valence-corrected chi connectivity index (χ0v) is 28.1. The number of ether oxygens (including phenoxy) is 3. The number of unbranched alkanes of at least 4 members (excludes halogenated alkanes) is 10. The first kappa shape index (κ1) is 38.5. The van der Waals surface area contributed by atoms with E-state index in [1.165, 1.54) is 58.8 Å². The summed E-state index contributed by atoms with van der Waals surface area (Å²) in [6, 6.07) is -3.84. The Labute approximate surface area is 268 Å². The monoisotopic (exact) mass is 639 g/mol. The summed E-state index contributed by atoms with van der Waals surface area (Å²) < 4.78 is 16.7. The molecule has 0 unspecified atom stereocenters. The quantitative estimate of drug-likeness (QED) is 0.112. The van der Waals surface area contributed by atoms with Gasteiger partial charge in [-0.15, -0.1) is 0 Å². The molecule has 258 valence electrons. The number of carbonyl (C=O) groups is 5. The predicted octanol–water partition coefficient (Wildman–Crippen LogP) is 3.07. The molecule has 2 aliphatic rings. The number of amides is 3. The fraction of sp³-hybridized carbons (Fsp3) is 0.848. The lowest BCUT2D eigenvalue weighted by Gasteiger charge is -2.28. The van der Waals surface area contributed by atoms with Crippen LogP contribution in [0.4, 0.5) is 0 Å². The number of rotatable bonds is 16. The Morgan fingerprint density at radius 1 is 0.822 bits per heavy atom. The average molecular weight is 640 g/mol. The van der Waals surface area contributed by atoms with Gasteiger partial charge >= 0.3 is 11.9 Å². The molecule has 2 heterocycles. The van der Waals surface area contributed by atoms with Crippen molar-refractivity contribution in [1.29, 1.82) is 0 Å². The molecule has 4 N–H and O–H groups in total. The van der Waals surface area contributed by atoms with Crippen LogP contribution in [0.2, 0.25) is 0 Å². The number of nitrogens with one attached hydrogen (secondary N) is 3. The van der Waals surface area contributed by atoms with E-state index in [1.54, 1.807) is 13.8 Å². The fourth-order valence-corrected chi connectivity index (χ4v) is 5.67. The molecule has 0 saturated carbocycles. The second-order valence-electron chi connectivity index (χ2n) is 13.0. The molecule has 8 atom stereocenters. The van der Waals surface area contributed by atoms with E-state index >= 15 is 0 Å². The Kier molecular flexibility index (Phi) is 16.8. The van der Waals surface area contributed by atoms with Crippen LogP contribution < -0.4 is 16.0 Å². The summed E-state index contributed by atoms with van der Waals surface area (Å²) in [6.07, 6.45) is 10.0. The Morgan fingerprint density at radius 2 is 1.36 bits per heavy atom. The van der Waals surface area contributed by atoms with E-state index in [2.05, 4.69) is 22.9 Å². The third-order valence-electron chi connectivity index (χ3n) is 8.61. The van der Waals surface area contributed by atoms with Gasteiger partial charge in [-0.3, -0.25) is 19.2 Å². The number of aliphatic hydroxyl groups is 1. The van der Waals surface area contributed by atoms with E-state index in [4.69, 9.17) is 14.2 Å². The Bertz CT molecular complexity index is 973. The van der Waals surface area contributed by atoms with Gasteiger partial charge in [0.2, 0.25) is 11.8 Å². The molecule has 12 nitrogen and oxygen atoms in total. The van der Waals surface area contributed by atoms with E-state index in [-0.39, 0.29) is 11.8 Å². The fourth-order valence-electron chi connectivity index (χ4n) is 5.67. The number of aliphatic hydroxyl groups excluding tert-OH is 1. The summed E-state index contributed by atoms with van der Waals surface area (Å²) in [4.78, 5) is 64.5. The molecule has 0 aromatic rings. The molecule has 45 heavy (non-hydrogen) atoms. The van der Waals surface area contributed by atoms with Crippen molar-refractivity contribution in [3.8, 4) is 0 Å². The first-order chi connectivity index (χ1) is 21.4. The summed E-state index contributed by atoms with van der Waals surface area (Å²) in [5, 5.41) is 18.0. The number of esters is 2. The van der Waals surface area contributed by atoms with Gasteiger partial charge in [-0.25, -0.2) is 4.79 Å². The molecular formula is C33H57N3O9. The van der Waals surface area contributed by atoms with Crippen molar-refractivity contribution in [3.63, 3.8) is 0 Å². The van der Waals surface area contributed by atoms with Crippen LogP contribution in [-0.4, -0.2) is 83.9 Å². The van der Waals surface area contributed by atoms with Gasteiger partial charge in [0.15, 0.2) is 12.1 Å². The summed E-state index contributed by atoms with van der Waals surface area (Å²) in [7, 11) is 0. The molecule has 3 amide bonds. The molecule has 0 spiro atoms. The van der Waals surface area contributed by atoms with Crippen LogP contribution in [0.3, 0.4) is 0 Å². The van der Waals surface area contributed by atoms with Crippen molar-refractivity contribution in [2.45, 2.75) is 161 Å². The molecule has 2 saturated heterocycles. The van der Waals surface area contributed by atoms with Crippen molar-refractivity contribution in [2.24, 2.45) is 11.8 Å². The van der Waals surface area contributed by atoms with Gasteiger partial charge in [0.1, 0.15) is 30.9 Å². The maximum Gasteiger partial charge on any atom is 0.332 e. The molecule has 0 bridgehead atoms. The molecule has 2 aliphatic heterocycles. The highest BCUT2D eigenvalue weighted by Crippen LogP contribution is 2.35. The molecule has 2 fully saturated rings. The van der Waals surface area contributed by atoms with Crippen LogP contribution >= 0.6 is 0 Å².